The SMILES string of the molecule is CCN(Cc1cnn(CC)c1)C(=O)NC(C)CCn1cccn1. The summed E-state index contributed by atoms with van der Waals surface area (Å²) in [6, 6.07) is 1.96. The van der Waals surface area contributed by atoms with Gasteiger partial charge in [-0.1, -0.05) is 0 Å². The Kier molecular flexibility index (Phi) is 6.19. The Hall–Kier alpha value is -2.31. The van der Waals surface area contributed by atoms with Gasteiger partial charge in [0.15, 0.2) is 0 Å². The summed E-state index contributed by atoms with van der Waals surface area (Å²) in [6.45, 7) is 8.92. The molecule has 0 aliphatic rings. The molecule has 0 aromatic carbocycles. The molecule has 23 heavy (non-hydrogen) atoms. The summed E-state index contributed by atoms with van der Waals surface area (Å²) in [6.07, 6.45) is 8.34. The molecule has 1 unspecified atom stereocenters. The summed E-state index contributed by atoms with van der Waals surface area (Å²) in [5.41, 5.74) is 1.05. The molecule has 2 amide bonds. The number of carbonyl (C=O) groups excluding carboxylic acids is 1. The van der Waals surface area contributed by atoms with Crippen LogP contribution in [0.1, 0.15) is 32.8 Å². The van der Waals surface area contributed by atoms with E-state index in [1.807, 2.05) is 54.8 Å². The highest BCUT2D eigenvalue weighted by Crippen LogP contribution is 2.05. The van der Waals surface area contributed by atoms with Crippen LogP contribution in [0.2, 0.25) is 0 Å². The third-order valence-electron chi connectivity index (χ3n) is 3.77. The van der Waals surface area contributed by atoms with Crippen molar-refractivity contribution in [1.82, 2.24) is 29.8 Å². The highest BCUT2D eigenvalue weighted by atomic mass is 16.2. The van der Waals surface area contributed by atoms with Crippen molar-refractivity contribution in [3.8, 4) is 0 Å². The first-order valence-electron chi connectivity index (χ1n) is 8.16. The van der Waals surface area contributed by atoms with Crippen molar-refractivity contribution >= 4 is 6.03 Å². The molecule has 2 aromatic rings. The predicted molar refractivity (Wildman–Crippen MR) is 88.8 cm³/mol. The maximum absolute atomic E-state index is 12.4. The number of urea groups is 1. The summed E-state index contributed by atoms with van der Waals surface area (Å²) in [5, 5.41) is 11.5. The fourth-order valence-electron chi connectivity index (χ4n) is 2.34. The predicted octanol–water partition coefficient (Wildman–Crippen LogP) is 2.11. The molecule has 1 N–H and O–H groups in total. The Morgan fingerprint density at radius 1 is 1.35 bits per heavy atom. The van der Waals surface area contributed by atoms with Crippen LogP contribution in [0.15, 0.2) is 30.9 Å². The van der Waals surface area contributed by atoms with Gasteiger partial charge in [0, 0.05) is 49.8 Å². The van der Waals surface area contributed by atoms with Crippen molar-refractivity contribution in [3.63, 3.8) is 0 Å². The van der Waals surface area contributed by atoms with Gasteiger partial charge in [0.2, 0.25) is 0 Å². The van der Waals surface area contributed by atoms with Crippen LogP contribution in [0.4, 0.5) is 4.79 Å². The molecule has 126 valence electrons. The van der Waals surface area contributed by atoms with Crippen LogP contribution in [0, 0.1) is 0 Å². The van der Waals surface area contributed by atoms with E-state index in [0.717, 1.165) is 25.1 Å². The zero-order valence-electron chi connectivity index (χ0n) is 14.1. The smallest absolute Gasteiger partial charge is 0.317 e. The number of carbonyl (C=O) groups is 1. The van der Waals surface area contributed by atoms with E-state index in [9.17, 15) is 4.79 Å². The molecule has 2 rings (SSSR count). The normalized spacial score (nSPS) is 12.1. The van der Waals surface area contributed by atoms with Gasteiger partial charge >= 0.3 is 6.03 Å². The lowest BCUT2D eigenvalue weighted by atomic mass is 10.2. The van der Waals surface area contributed by atoms with Crippen molar-refractivity contribution in [3.05, 3.63) is 36.4 Å². The van der Waals surface area contributed by atoms with Gasteiger partial charge in [0.1, 0.15) is 0 Å². The monoisotopic (exact) mass is 318 g/mol. The molecule has 0 fully saturated rings. The van der Waals surface area contributed by atoms with E-state index >= 15 is 0 Å². The lowest BCUT2D eigenvalue weighted by Gasteiger charge is -2.23. The van der Waals surface area contributed by atoms with Gasteiger partial charge in [-0.15, -0.1) is 0 Å². The van der Waals surface area contributed by atoms with E-state index in [-0.39, 0.29) is 12.1 Å². The zero-order chi connectivity index (χ0) is 16.7. The molecule has 0 aliphatic carbocycles. The van der Waals surface area contributed by atoms with Crippen molar-refractivity contribution in [2.45, 2.75) is 52.9 Å². The molecule has 0 saturated heterocycles. The molecule has 0 aliphatic heterocycles. The molecule has 0 bridgehead atoms. The summed E-state index contributed by atoms with van der Waals surface area (Å²) in [5.74, 6) is 0. The van der Waals surface area contributed by atoms with Crippen LogP contribution in [0.25, 0.3) is 0 Å². The van der Waals surface area contributed by atoms with Crippen LogP contribution >= 0.6 is 0 Å². The average molecular weight is 318 g/mol. The third kappa shape index (κ3) is 5.12. The first kappa shape index (κ1) is 17.1. The summed E-state index contributed by atoms with van der Waals surface area (Å²) in [4.78, 5) is 14.2. The Morgan fingerprint density at radius 2 is 2.17 bits per heavy atom. The molecule has 0 radical (unpaired) electrons. The van der Waals surface area contributed by atoms with Crippen molar-refractivity contribution in [2.75, 3.05) is 6.54 Å². The third-order valence-corrected chi connectivity index (χ3v) is 3.77. The van der Waals surface area contributed by atoms with Gasteiger partial charge in [0.25, 0.3) is 0 Å². The topological polar surface area (TPSA) is 68.0 Å². The highest BCUT2D eigenvalue weighted by molar-refractivity contribution is 5.74. The van der Waals surface area contributed by atoms with Gasteiger partial charge in [-0.2, -0.15) is 10.2 Å². The number of rotatable bonds is 8. The fraction of sp³-hybridized carbons (Fsp3) is 0.562. The van der Waals surface area contributed by atoms with E-state index in [1.54, 1.807) is 11.1 Å². The fourth-order valence-corrected chi connectivity index (χ4v) is 2.34. The largest absolute Gasteiger partial charge is 0.335 e. The van der Waals surface area contributed by atoms with Gasteiger partial charge < -0.3 is 10.2 Å². The van der Waals surface area contributed by atoms with E-state index in [4.69, 9.17) is 0 Å². The molecule has 0 saturated carbocycles. The number of amides is 2. The van der Waals surface area contributed by atoms with E-state index in [0.29, 0.717) is 13.1 Å². The van der Waals surface area contributed by atoms with Crippen LogP contribution in [-0.4, -0.2) is 43.1 Å². The second-order valence-corrected chi connectivity index (χ2v) is 5.63. The minimum absolute atomic E-state index is 0.0373. The standard InChI is InChI=1S/C16H26N6O/c1-4-20(12-15-11-18-21(5-2)13-15)16(23)19-14(3)7-10-22-9-6-8-17-22/h6,8-9,11,13-14H,4-5,7,10,12H2,1-3H3,(H,19,23). The van der Waals surface area contributed by atoms with Gasteiger partial charge in [-0.3, -0.25) is 9.36 Å². The minimum atomic E-state index is -0.0373. The van der Waals surface area contributed by atoms with Crippen LogP contribution in [-0.2, 0) is 19.6 Å². The maximum Gasteiger partial charge on any atom is 0.317 e. The van der Waals surface area contributed by atoms with Crippen LogP contribution < -0.4 is 5.32 Å². The molecule has 2 aromatic heterocycles. The van der Waals surface area contributed by atoms with E-state index in [1.165, 1.54) is 0 Å². The number of nitrogens with zero attached hydrogens (tertiary/aromatic N) is 5. The molecule has 2 heterocycles. The van der Waals surface area contributed by atoms with Gasteiger partial charge in [0.05, 0.1) is 12.7 Å². The lowest BCUT2D eigenvalue weighted by Crippen LogP contribution is -2.43. The Balaban J connectivity index is 1.81. The highest BCUT2D eigenvalue weighted by Gasteiger charge is 2.15. The second-order valence-electron chi connectivity index (χ2n) is 5.63. The first-order valence-corrected chi connectivity index (χ1v) is 8.16. The Labute approximate surface area is 137 Å². The molecule has 7 heteroatoms. The number of hydrogen-bond acceptors (Lipinski definition) is 3. The number of aryl methyl sites for hydroxylation is 2. The second kappa shape index (κ2) is 8.36. The summed E-state index contributed by atoms with van der Waals surface area (Å²) >= 11 is 0. The van der Waals surface area contributed by atoms with Gasteiger partial charge in [-0.05, 0) is 33.3 Å². The Morgan fingerprint density at radius 3 is 2.78 bits per heavy atom. The first-order chi connectivity index (χ1) is 11.1. The quantitative estimate of drug-likeness (QED) is 0.810. The lowest BCUT2D eigenvalue weighted by molar-refractivity contribution is 0.193. The molecule has 1 atom stereocenters. The van der Waals surface area contributed by atoms with Crippen molar-refractivity contribution in [2.24, 2.45) is 0 Å². The number of hydrogen-bond donors (Lipinski definition) is 1. The van der Waals surface area contributed by atoms with E-state index in [2.05, 4.69) is 15.5 Å². The molecule has 7 nitrogen and oxygen atoms in total. The summed E-state index contributed by atoms with van der Waals surface area (Å²) in [7, 11) is 0. The zero-order valence-corrected chi connectivity index (χ0v) is 14.1. The Bertz CT molecular complexity index is 591. The maximum atomic E-state index is 12.4. The molecular weight excluding hydrogens is 292 g/mol. The molecular formula is C16H26N6O. The van der Waals surface area contributed by atoms with Crippen molar-refractivity contribution < 1.29 is 4.79 Å². The molecule has 0 spiro atoms. The van der Waals surface area contributed by atoms with Crippen LogP contribution in [0.5, 0.6) is 0 Å². The number of nitrogens with one attached hydrogen (secondary N) is 1. The number of aromatic nitrogens is 4. The van der Waals surface area contributed by atoms with Gasteiger partial charge in [-0.25, -0.2) is 4.79 Å². The summed E-state index contributed by atoms with van der Waals surface area (Å²) < 4.78 is 3.74. The van der Waals surface area contributed by atoms with Crippen molar-refractivity contribution in [1.29, 1.82) is 0 Å². The van der Waals surface area contributed by atoms with Crippen LogP contribution in [0.3, 0.4) is 0 Å². The minimum Gasteiger partial charge on any atom is -0.335 e. The average Bonchev–Trinajstić information content (AvgIpc) is 3.21. The van der Waals surface area contributed by atoms with E-state index < -0.39 is 0 Å².